The normalized spacial score (nSPS) is 14.5. The summed E-state index contributed by atoms with van der Waals surface area (Å²) in [5.74, 6) is 0. The molecule has 0 saturated heterocycles. The van der Waals surface area contributed by atoms with E-state index in [2.05, 4.69) is 38.8 Å². The van der Waals surface area contributed by atoms with E-state index in [0.717, 1.165) is 22.5 Å². The fraction of sp³-hybridized carbons (Fsp3) is 0. The highest BCUT2D eigenvalue weighted by Crippen LogP contribution is 2.19. The summed E-state index contributed by atoms with van der Waals surface area (Å²) in [7, 11) is 0. The quantitative estimate of drug-likeness (QED) is 0.858. The Morgan fingerprint density at radius 3 is 2.05 bits per heavy atom. The molecule has 0 aromatic heterocycles. The molecule has 1 aliphatic heterocycles. The van der Waals surface area contributed by atoms with Crippen LogP contribution in [0.4, 0.5) is 0 Å². The van der Waals surface area contributed by atoms with Crippen LogP contribution in [0.2, 0.25) is 0 Å². The van der Waals surface area contributed by atoms with E-state index in [1.807, 2.05) is 54.6 Å². The van der Waals surface area contributed by atoms with Crippen molar-refractivity contribution in [2.75, 3.05) is 0 Å². The zero-order valence-electron chi connectivity index (χ0n) is 10.1. The van der Waals surface area contributed by atoms with Gasteiger partial charge in [-0.25, -0.2) is 0 Å². The van der Waals surface area contributed by atoms with E-state index in [0.29, 0.717) is 0 Å². The SMILES string of the molecule is BrN1N=C(c2ccccc2)C=C(c2ccccc2)N1. The molecule has 0 saturated carbocycles. The van der Waals surface area contributed by atoms with E-state index in [1.165, 1.54) is 0 Å². The first-order valence-corrected chi connectivity index (χ1v) is 6.67. The van der Waals surface area contributed by atoms with Gasteiger partial charge in [-0.1, -0.05) is 60.7 Å². The molecule has 0 aliphatic carbocycles. The molecule has 3 nitrogen and oxygen atoms in total. The Hall–Kier alpha value is -2.07. The van der Waals surface area contributed by atoms with Crippen LogP contribution in [0.3, 0.4) is 0 Å². The second-order valence-electron chi connectivity index (χ2n) is 4.15. The molecule has 0 atom stereocenters. The first kappa shape index (κ1) is 12.0. The highest BCUT2D eigenvalue weighted by atomic mass is 79.9. The van der Waals surface area contributed by atoms with Crippen LogP contribution < -0.4 is 5.43 Å². The number of benzene rings is 2. The van der Waals surface area contributed by atoms with Gasteiger partial charge in [-0.05, 0) is 11.6 Å². The molecule has 1 N–H and O–H groups in total. The van der Waals surface area contributed by atoms with Crippen molar-refractivity contribution in [1.82, 2.24) is 9.57 Å². The number of hydrazine groups is 1. The largest absolute Gasteiger partial charge is 0.271 e. The Morgan fingerprint density at radius 2 is 1.42 bits per heavy atom. The molecule has 94 valence electrons. The number of halogens is 1. The third kappa shape index (κ3) is 2.69. The summed E-state index contributed by atoms with van der Waals surface area (Å²) in [5, 5.41) is 4.41. The van der Waals surface area contributed by atoms with E-state index in [-0.39, 0.29) is 0 Å². The van der Waals surface area contributed by atoms with E-state index in [1.54, 1.807) is 4.14 Å². The topological polar surface area (TPSA) is 27.6 Å². The smallest absolute Gasteiger partial charge is 0.0971 e. The van der Waals surface area contributed by atoms with Crippen molar-refractivity contribution in [3.63, 3.8) is 0 Å². The van der Waals surface area contributed by atoms with Crippen LogP contribution in [-0.4, -0.2) is 9.86 Å². The fourth-order valence-electron chi connectivity index (χ4n) is 1.93. The summed E-state index contributed by atoms with van der Waals surface area (Å²) in [6.45, 7) is 0. The van der Waals surface area contributed by atoms with Gasteiger partial charge in [-0.2, -0.15) is 0 Å². The Kier molecular flexibility index (Phi) is 3.33. The molecule has 0 spiro atoms. The number of allylic oxidation sites excluding steroid dienone is 1. The molecule has 0 unspecified atom stereocenters. The lowest BCUT2D eigenvalue weighted by Crippen LogP contribution is -2.29. The van der Waals surface area contributed by atoms with Crippen LogP contribution in [0.15, 0.2) is 71.8 Å². The number of hydrogen-bond donors (Lipinski definition) is 1. The van der Waals surface area contributed by atoms with Gasteiger partial charge in [0.25, 0.3) is 0 Å². The zero-order chi connectivity index (χ0) is 13.1. The van der Waals surface area contributed by atoms with Crippen molar-refractivity contribution in [1.29, 1.82) is 0 Å². The molecule has 19 heavy (non-hydrogen) atoms. The maximum Gasteiger partial charge on any atom is 0.0971 e. The van der Waals surface area contributed by atoms with Crippen LogP contribution in [0, 0.1) is 0 Å². The highest BCUT2D eigenvalue weighted by Gasteiger charge is 2.13. The minimum absolute atomic E-state index is 0.912. The molecule has 1 aliphatic rings. The summed E-state index contributed by atoms with van der Waals surface area (Å²) in [6.07, 6.45) is 2.04. The van der Waals surface area contributed by atoms with E-state index in [9.17, 15) is 0 Å². The second kappa shape index (κ2) is 5.28. The first-order valence-electron chi connectivity index (χ1n) is 5.96. The van der Waals surface area contributed by atoms with Gasteiger partial charge in [0.15, 0.2) is 0 Å². The monoisotopic (exact) mass is 313 g/mol. The fourth-order valence-corrected chi connectivity index (χ4v) is 2.29. The molecule has 4 heteroatoms. The first-order chi connectivity index (χ1) is 9.33. The van der Waals surface area contributed by atoms with Gasteiger partial charge in [0.2, 0.25) is 0 Å². The third-order valence-corrected chi connectivity index (χ3v) is 3.18. The molecule has 2 aromatic carbocycles. The van der Waals surface area contributed by atoms with Crippen molar-refractivity contribution in [2.45, 2.75) is 0 Å². The second-order valence-corrected chi connectivity index (χ2v) is 4.82. The minimum Gasteiger partial charge on any atom is -0.271 e. The van der Waals surface area contributed by atoms with Gasteiger partial charge in [0.1, 0.15) is 0 Å². The molecular weight excluding hydrogens is 302 g/mol. The maximum absolute atomic E-state index is 4.41. The van der Waals surface area contributed by atoms with Gasteiger partial charge in [0.05, 0.1) is 27.6 Å². The summed E-state index contributed by atoms with van der Waals surface area (Å²) in [4.78, 5) is 0. The predicted octanol–water partition coefficient (Wildman–Crippen LogP) is 3.56. The minimum atomic E-state index is 0.912. The molecule has 0 amide bonds. The summed E-state index contributed by atoms with van der Waals surface area (Å²) in [6, 6.07) is 20.3. The van der Waals surface area contributed by atoms with Gasteiger partial charge >= 0.3 is 0 Å². The van der Waals surface area contributed by atoms with Gasteiger partial charge in [0, 0.05) is 5.56 Å². The van der Waals surface area contributed by atoms with Gasteiger partial charge in [-0.3, -0.25) is 5.43 Å². The standard InChI is InChI=1S/C15H12BrN3/c16-19-17-14(12-7-3-1-4-8-12)11-15(18-19)13-9-5-2-6-10-13/h1-11,17H. The third-order valence-electron chi connectivity index (χ3n) is 2.84. The molecule has 0 radical (unpaired) electrons. The Bertz CT molecular complexity index is 620. The lowest BCUT2D eigenvalue weighted by Gasteiger charge is -2.22. The number of hydrogen-bond acceptors (Lipinski definition) is 3. The number of rotatable bonds is 2. The average molecular weight is 314 g/mol. The van der Waals surface area contributed by atoms with E-state index in [4.69, 9.17) is 0 Å². The van der Waals surface area contributed by atoms with Gasteiger partial charge < -0.3 is 0 Å². The van der Waals surface area contributed by atoms with Crippen molar-refractivity contribution < 1.29 is 0 Å². The summed E-state index contributed by atoms with van der Waals surface area (Å²) < 4.78 is 1.55. The molecule has 0 fully saturated rings. The summed E-state index contributed by atoms with van der Waals surface area (Å²) >= 11 is 3.36. The zero-order valence-corrected chi connectivity index (χ0v) is 11.7. The van der Waals surface area contributed by atoms with Crippen molar-refractivity contribution in [3.05, 3.63) is 77.9 Å². The van der Waals surface area contributed by atoms with Crippen molar-refractivity contribution in [3.8, 4) is 0 Å². The lowest BCUT2D eigenvalue weighted by atomic mass is 10.1. The molecule has 1 heterocycles. The Labute approximate surface area is 120 Å². The van der Waals surface area contributed by atoms with E-state index < -0.39 is 0 Å². The van der Waals surface area contributed by atoms with Crippen molar-refractivity contribution >= 4 is 27.6 Å². The number of nitrogens with one attached hydrogen (secondary N) is 1. The van der Waals surface area contributed by atoms with Crippen LogP contribution in [0.25, 0.3) is 5.70 Å². The molecule has 3 rings (SSSR count). The number of nitrogens with zero attached hydrogens (tertiary/aromatic N) is 2. The van der Waals surface area contributed by atoms with Crippen LogP contribution in [-0.2, 0) is 0 Å². The highest BCUT2D eigenvalue weighted by molar-refractivity contribution is 9.07. The van der Waals surface area contributed by atoms with Crippen LogP contribution in [0.5, 0.6) is 0 Å². The van der Waals surface area contributed by atoms with Gasteiger partial charge in [-0.15, -0.1) is 9.25 Å². The maximum atomic E-state index is 4.41. The van der Waals surface area contributed by atoms with E-state index >= 15 is 0 Å². The lowest BCUT2D eigenvalue weighted by molar-refractivity contribution is 0.459. The Morgan fingerprint density at radius 1 is 0.842 bits per heavy atom. The molecular formula is C15H12BrN3. The molecule has 2 aromatic rings. The van der Waals surface area contributed by atoms with Crippen LogP contribution >= 0.6 is 16.1 Å². The number of hydrazone groups is 1. The van der Waals surface area contributed by atoms with Crippen molar-refractivity contribution in [2.24, 2.45) is 5.10 Å². The Balaban J connectivity index is 2.00. The molecule has 0 bridgehead atoms. The summed E-state index contributed by atoms with van der Waals surface area (Å²) in [5.41, 5.74) is 7.28. The average Bonchev–Trinajstić information content (AvgIpc) is 2.48. The predicted molar refractivity (Wildman–Crippen MR) is 81.3 cm³/mol. The van der Waals surface area contributed by atoms with Crippen LogP contribution in [0.1, 0.15) is 11.1 Å².